The Kier molecular flexibility index (Phi) is 10.9. The van der Waals surface area contributed by atoms with E-state index in [1.54, 1.807) is 19.1 Å². The van der Waals surface area contributed by atoms with E-state index < -0.39 is 6.04 Å². The number of nitrogens with one attached hydrogen (secondary N) is 1. The van der Waals surface area contributed by atoms with Crippen LogP contribution in [0.5, 0.6) is 11.5 Å². The first kappa shape index (κ1) is 29.5. The molecule has 2 amide bonds. The summed E-state index contributed by atoms with van der Waals surface area (Å²) in [5, 5.41) is 3.92. The molecule has 1 aliphatic rings. The van der Waals surface area contributed by atoms with Gasteiger partial charge in [0.15, 0.2) is 11.5 Å². The minimum Gasteiger partial charge on any atom is -0.493 e. The van der Waals surface area contributed by atoms with Crippen molar-refractivity contribution in [2.75, 3.05) is 14.2 Å². The fourth-order valence-corrected chi connectivity index (χ4v) is 5.44. The Balaban J connectivity index is 1.60. The molecular formula is C33H39ClN2O4. The van der Waals surface area contributed by atoms with Crippen LogP contribution in [0, 0.1) is 0 Å². The van der Waals surface area contributed by atoms with Crippen LogP contribution in [0.25, 0.3) is 0 Å². The molecule has 0 heterocycles. The zero-order valence-corrected chi connectivity index (χ0v) is 24.2. The van der Waals surface area contributed by atoms with Crippen LogP contribution < -0.4 is 14.8 Å². The third-order valence-electron chi connectivity index (χ3n) is 7.56. The summed E-state index contributed by atoms with van der Waals surface area (Å²) in [7, 11) is 3.20. The maximum atomic E-state index is 14.0. The van der Waals surface area contributed by atoms with E-state index in [0.29, 0.717) is 35.9 Å². The summed E-state index contributed by atoms with van der Waals surface area (Å²) in [4.78, 5) is 29.6. The normalized spacial score (nSPS) is 14.3. The molecule has 0 radical (unpaired) electrons. The number of ether oxygens (including phenoxy) is 2. The zero-order chi connectivity index (χ0) is 28.3. The SMILES string of the molecule is COc1ccc(CCC(=O)N(Cc2ccc(Cl)cc2)[C@H](Cc2ccccc2)C(=O)NC2CCCCC2)cc1OC. The Morgan fingerprint density at radius 2 is 1.55 bits per heavy atom. The van der Waals surface area contributed by atoms with Crippen molar-refractivity contribution in [1.29, 1.82) is 0 Å². The van der Waals surface area contributed by atoms with Crippen molar-refractivity contribution in [2.24, 2.45) is 0 Å². The number of benzene rings is 3. The van der Waals surface area contributed by atoms with E-state index in [4.69, 9.17) is 21.1 Å². The number of aryl methyl sites for hydroxylation is 1. The first-order valence-corrected chi connectivity index (χ1v) is 14.4. The summed E-state index contributed by atoms with van der Waals surface area (Å²) in [5.74, 6) is 1.09. The molecule has 0 saturated heterocycles. The monoisotopic (exact) mass is 562 g/mol. The van der Waals surface area contributed by atoms with Gasteiger partial charge < -0.3 is 19.7 Å². The molecule has 1 saturated carbocycles. The molecule has 0 aliphatic heterocycles. The van der Waals surface area contributed by atoms with Gasteiger partial charge in [-0.2, -0.15) is 0 Å². The highest BCUT2D eigenvalue weighted by Crippen LogP contribution is 2.28. The van der Waals surface area contributed by atoms with Crippen LogP contribution in [-0.4, -0.2) is 43.0 Å². The highest BCUT2D eigenvalue weighted by molar-refractivity contribution is 6.30. The van der Waals surface area contributed by atoms with E-state index in [9.17, 15) is 9.59 Å². The lowest BCUT2D eigenvalue weighted by atomic mass is 9.94. The van der Waals surface area contributed by atoms with Gasteiger partial charge >= 0.3 is 0 Å². The van der Waals surface area contributed by atoms with Gasteiger partial charge in [-0.15, -0.1) is 0 Å². The molecule has 1 N–H and O–H groups in total. The molecule has 0 spiro atoms. The number of methoxy groups -OCH3 is 2. The summed E-state index contributed by atoms with van der Waals surface area (Å²) in [6, 6.07) is 22.6. The number of rotatable bonds is 12. The molecule has 0 unspecified atom stereocenters. The van der Waals surface area contributed by atoms with Gasteiger partial charge in [-0.3, -0.25) is 9.59 Å². The highest BCUT2D eigenvalue weighted by Gasteiger charge is 2.31. The predicted molar refractivity (Wildman–Crippen MR) is 159 cm³/mol. The highest BCUT2D eigenvalue weighted by atomic mass is 35.5. The molecule has 0 aromatic heterocycles. The topological polar surface area (TPSA) is 67.9 Å². The molecule has 6 nitrogen and oxygen atoms in total. The van der Waals surface area contributed by atoms with E-state index in [-0.39, 0.29) is 24.3 Å². The molecule has 3 aromatic carbocycles. The Labute approximate surface area is 242 Å². The van der Waals surface area contributed by atoms with Crippen molar-refractivity contribution in [2.45, 2.75) is 70.0 Å². The van der Waals surface area contributed by atoms with Crippen molar-refractivity contribution in [1.82, 2.24) is 10.2 Å². The van der Waals surface area contributed by atoms with Gasteiger partial charge in [0.2, 0.25) is 11.8 Å². The fraction of sp³-hybridized carbons (Fsp3) is 0.394. The molecule has 3 aromatic rings. The van der Waals surface area contributed by atoms with E-state index in [0.717, 1.165) is 42.4 Å². The number of carbonyl (C=O) groups is 2. The Bertz CT molecular complexity index is 1240. The van der Waals surface area contributed by atoms with Gasteiger partial charge in [-0.05, 0) is 60.2 Å². The van der Waals surface area contributed by atoms with Crippen LogP contribution in [0.2, 0.25) is 5.02 Å². The second-order valence-electron chi connectivity index (χ2n) is 10.4. The van der Waals surface area contributed by atoms with Crippen molar-refractivity contribution >= 4 is 23.4 Å². The van der Waals surface area contributed by atoms with Gasteiger partial charge in [-0.1, -0.05) is 79.4 Å². The Morgan fingerprint density at radius 1 is 0.875 bits per heavy atom. The first-order chi connectivity index (χ1) is 19.5. The minimum absolute atomic E-state index is 0.0792. The van der Waals surface area contributed by atoms with Gasteiger partial charge in [-0.25, -0.2) is 0 Å². The molecule has 0 bridgehead atoms. The quantitative estimate of drug-likeness (QED) is 0.278. The molecular weight excluding hydrogens is 524 g/mol. The lowest BCUT2D eigenvalue weighted by Crippen LogP contribution is -2.52. The lowest BCUT2D eigenvalue weighted by molar-refractivity contribution is -0.141. The van der Waals surface area contributed by atoms with Gasteiger partial charge in [0.05, 0.1) is 14.2 Å². The van der Waals surface area contributed by atoms with Crippen LogP contribution in [0.3, 0.4) is 0 Å². The van der Waals surface area contributed by atoms with Crippen molar-refractivity contribution in [3.63, 3.8) is 0 Å². The average Bonchev–Trinajstić information content (AvgIpc) is 2.99. The first-order valence-electron chi connectivity index (χ1n) is 14.1. The van der Waals surface area contributed by atoms with E-state index in [2.05, 4.69) is 5.32 Å². The summed E-state index contributed by atoms with van der Waals surface area (Å²) >= 11 is 6.14. The number of halogens is 1. The molecule has 1 aliphatic carbocycles. The number of hydrogen-bond acceptors (Lipinski definition) is 4. The summed E-state index contributed by atoms with van der Waals surface area (Å²) in [5.41, 5.74) is 2.90. The molecule has 1 fully saturated rings. The molecule has 7 heteroatoms. The second kappa shape index (κ2) is 14.8. The lowest BCUT2D eigenvalue weighted by Gasteiger charge is -2.33. The second-order valence-corrected chi connectivity index (χ2v) is 10.8. The summed E-state index contributed by atoms with van der Waals surface area (Å²) in [6.07, 6.45) is 6.61. The van der Waals surface area contributed by atoms with Crippen LogP contribution in [-0.2, 0) is 29.0 Å². The van der Waals surface area contributed by atoms with E-state index in [1.807, 2.05) is 72.8 Å². The molecule has 212 valence electrons. The number of nitrogens with zero attached hydrogens (tertiary/aromatic N) is 1. The summed E-state index contributed by atoms with van der Waals surface area (Å²) in [6.45, 7) is 0.317. The van der Waals surface area contributed by atoms with Crippen LogP contribution >= 0.6 is 11.6 Å². The van der Waals surface area contributed by atoms with Gasteiger partial charge in [0, 0.05) is 30.5 Å². The predicted octanol–water partition coefficient (Wildman–Crippen LogP) is 6.38. The van der Waals surface area contributed by atoms with Gasteiger partial charge in [0.1, 0.15) is 6.04 Å². The Morgan fingerprint density at radius 3 is 2.23 bits per heavy atom. The fourth-order valence-electron chi connectivity index (χ4n) is 5.32. The third-order valence-corrected chi connectivity index (χ3v) is 7.82. The van der Waals surface area contributed by atoms with E-state index >= 15 is 0 Å². The number of hydrogen-bond donors (Lipinski definition) is 1. The Hall–Kier alpha value is -3.51. The molecule has 4 rings (SSSR count). The molecule has 1 atom stereocenters. The van der Waals surface area contributed by atoms with Crippen LogP contribution in [0.1, 0.15) is 55.2 Å². The number of amides is 2. The van der Waals surface area contributed by atoms with Gasteiger partial charge in [0.25, 0.3) is 0 Å². The van der Waals surface area contributed by atoms with E-state index in [1.165, 1.54) is 6.42 Å². The maximum absolute atomic E-state index is 14.0. The number of carbonyl (C=O) groups excluding carboxylic acids is 2. The maximum Gasteiger partial charge on any atom is 0.243 e. The smallest absolute Gasteiger partial charge is 0.243 e. The third kappa shape index (κ3) is 8.25. The van der Waals surface area contributed by atoms with Crippen molar-refractivity contribution < 1.29 is 19.1 Å². The standard InChI is InChI=1S/C33H39ClN2O4/c1-39-30-19-15-25(22-31(30)40-2)16-20-32(37)36(23-26-13-17-27(34)18-14-26)29(21-24-9-5-3-6-10-24)33(38)35-28-11-7-4-8-12-28/h3,5-6,9-10,13-15,17-19,22,28-29H,4,7-8,11-12,16,20-21,23H2,1-2H3,(H,35,38)/t29-/m1/s1. The van der Waals surface area contributed by atoms with Crippen molar-refractivity contribution in [3.05, 3.63) is 94.5 Å². The van der Waals surface area contributed by atoms with Crippen LogP contribution in [0.4, 0.5) is 0 Å². The van der Waals surface area contributed by atoms with Crippen LogP contribution in [0.15, 0.2) is 72.8 Å². The average molecular weight is 563 g/mol. The summed E-state index contributed by atoms with van der Waals surface area (Å²) < 4.78 is 10.8. The minimum atomic E-state index is -0.641. The molecule has 40 heavy (non-hydrogen) atoms. The zero-order valence-electron chi connectivity index (χ0n) is 23.4. The largest absolute Gasteiger partial charge is 0.493 e. The van der Waals surface area contributed by atoms with Crippen molar-refractivity contribution in [3.8, 4) is 11.5 Å².